The molecule has 0 aliphatic carbocycles. The minimum atomic E-state index is -0.361. The summed E-state index contributed by atoms with van der Waals surface area (Å²) in [4.78, 5) is 16.7. The van der Waals surface area contributed by atoms with Gasteiger partial charge in [0.25, 0.3) is 0 Å². The molecule has 130 valence electrons. The van der Waals surface area contributed by atoms with Crippen molar-refractivity contribution in [3.05, 3.63) is 40.4 Å². The Balaban J connectivity index is 2.07. The maximum atomic E-state index is 12.7. The molecule has 0 aliphatic heterocycles. The number of anilines is 1. The van der Waals surface area contributed by atoms with Gasteiger partial charge in [-0.2, -0.15) is 0 Å². The Morgan fingerprint density at radius 2 is 1.83 bits per heavy atom. The summed E-state index contributed by atoms with van der Waals surface area (Å²) >= 11 is 1.43. The number of carbonyl (C=O) groups is 1. The fourth-order valence-corrected chi connectivity index (χ4v) is 3.06. The highest BCUT2D eigenvalue weighted by Crippen LogP contribution is 2.23. The van der Waals surface area contributed by atoms with Crippen LogP contribution in [0.2, 0.25) is 0 Å². The first-order valence-electron chi connectivity index (χ1n) is 7.88. The molecule has 2 rings (SSSR count). The summed E-state index contributed by atoms with van der Waals surface area (Å²) in [7, 11) is 7.83. The van der Waals surface area contributed by atoms with E-state index in [-0.39, 0.29) is 11.9 Å². The Labute approximate surface area is 147 Å². The molecule has 1 aromatic heterocycles. The first-order valence-corrected chi connectivity index (χ1v) is 8.69. The zero-order valence-corrected chi connectivity index (χ0v) is 15.7. The van der Waals surface area contributed by atoms with Crippen LogP contribution in [0.1, 0.15) is 22.2 Å². The molecule has 2 aromatic rings. The van der Waals surface area contributed by atoms with Gasteiger partial charge in [-0.25, -0.2) is 0 Å². The lowest BCUT2D eigenvalue weighted by Crippen LogP contribution is -2.32. The number of aromatic nitrogens is 2. The molecule has 6 nitrogen and oxygen atoms in total. The molecule has 0 radical (unpaired) electrons. The van der Waals surface area contributed by atoms with Crippen molar-refractivity contribution in [3.63, 3.8) is 0 Å². The number of nitrogens with one attached hydrogen (secondary N) is 1. The number of amides is 1. The predicted molar refractivity (Wildman–Crippen MR) is 98.4 cm³/mol. The van der Waals surface area contributed by atoms with Crippen molar-refractivity contribution in [1.82, 2.24) is 20.0 Å². The van der Waals surface area contributed by atoms with Gasteiger partial charge in [0.05, 0.1) is 0 Å². The second-order valence-electron chi connectivity index (χ2n) is 6.32. The number of nitrogens with zero attached hydrogens (tertiary/aromatic N) is 4. The van der Waals surface area contributed by atoms with Gasteiger partial charge in [0.15, 0.2) is 0 Å². The molecule has 1 aromatic carbocycles. The van der Waals surface area contributed by atoms with Crippen LogP contribution >= 0.6 is 11.3 Å². The second kappa shape index (κ2) is 8.32. The lowest BCUT2D eigenvalue weighted by molar-refractivity contribution is -0.120. The third kappa shape index (κ3) is 5.09. The summed E-state index contributed by atoms with van der Waals surface area (Å²) in [5, 5.41) is 12.6. The van der Waals surface area contributed by atoms with Crippen LogP contribution in [0.15, 0.2) is 24.3 Å². The Morgan fingerprint density at radius 3 is 2.42 bits per heavy atom. The van der Waals surface area contributed by atoms with E-state index in [2.05, 4.69) is 20.4 Å². The number of hydrogen-bond donors (Lipinski definition) is 1. The van der Waals surface area contributed by atoms with E-state index in [0.29, 0.717) is 5.13 Å². The first-order chi connectivity index (χ1) is 11.4. The van der Waals surface area contributed by atoms with Crippen molar-refractivity contribution in [2.45, 2.75) is 19.4 Å². The SMILES string of the molecule is Cc1ccc(C(C(=O)Nc2nnc(CCN(C)C)s2)N(C)C)cc1. The Hall–Kier alpha value is -1.83. The summed E-state index contributed by atoms with van der Waals surface area (Å²) in [5.41, 5.74) is 2.13. The Kier molecular flexibility index (Phi) is 6.42. The van der Waals surface area contributed by atoms with Gasteiger partial charge in [0, 0.05) is 13.0 Å². The number of carbonyl (C=O) groups excluding carboxylic acids is 1. The lowest BCUT2D eigenvalue weighted by Gasteiger charge is -2.23. The molecule has 0 saturated heterocycles. The fraction of sp³-hybridized carbons (Fsp3) is 0.471. The van der Waals surface area contributed by atoms with Crippen LogP contribution < -0.4 is 5.32 Å². The van der Waals surface area contributed by atoms with Gasteiger partial charge in [-0.15, -0.1) is 10.2 Å². The van der Waals surface area contributed by atoms with Crippen LogP contribution in [0, 0.1) is 6.92 Å². The average molecular weight is 347 g/mol. The summed E-state index contributed by atoms with van der Waals surface area (Å²) in [6.07, 6.45) is 0.829. The molecular weight excluding hydrogens is 322 g/mol. The van der Waals surface area contributed by atoms with Gasteiger partial charge in [-0.1, -0.05) is 41.2 Å². The van der Waals surface area contributed by atoms with Crippen LogP contribution in [-0.2, 0) is 11.2 Å². The summed E-state index contributed by atoms with van der Waals surface area (Å²) in [5.74, 6) is -0.0980. The van der Waals surface area contributed by atoms with Crippen molar-refractivity contribution in [2.24, 2.45) is 0 Å². The number of benzene rings is 1. The Bertz CT molecular complexity index is 666. The summed E-state index contributed by atoms with van der Waals surface area (Å²) in [6, 6.07) is 7.65. The molecule has 1 amide bonds. The number of hydrogen-bond acceptors (Lipinski definition) is 6. The third-order valence-electron chi connectivity index (χ3n) is 3.63. The van der Waals surface area contributed by atoms with E-state index in [1.54, 1.807) is 0 Å². The molecule has 24 heavy (non-hydrogen) atoms. The zero-order valence-electron chi connectivity index (χ0n) is 14.9. The molecule has 7 heteroatoms. The van der Waals surface area contributed by atoms with E-state index < -0.39 is 0 Å². The molecule has 0 fully saturated rings. The average Bonchev–Trinajstić information content (AvgIpc) is 2.94. The Morgan fingerprint density at radius 1 is 1.17 bits per heavy atom. The van der Waals surface area contributed by atoms with Gasteiger partial charge >= 0.3 is 0 Å². The van der Waals surface area contributed by atoms with Crippen LogP contribution in [-0.4, -0.2) is 60.6 Å². The van der Waals surface area contributed by atoms with E-state index in [4.69, 9.17) is 0 Å². The smallest absolute Gasteiger partial charge is 0.248 e. The number of aryl methyl sites for hydroxylation is 1. The topological polar surface area (TPSA) is 61.4 Å². The molecule has 1 heterocycles. The van der Waals surface area contributed by atoms with E-state index in [0.717, 1.165) is 23.5 Å². The summed E-state index contributed by atoms with van der Waals surface area (Å²) in [6.45, 7) is 2.94. The maximum absolute atomic E-state index is 12.7. The van der Waals surface area contributed by atoms with Crippen molar-refractivity contribution >= 4 is 22.4 Å². The minimum Gasteiger partial charge on any atom is -0.309 e. The van der Waals surface area contributed by atoms with E-state index in [9.17, 15) is 4.79 Å². The molecule has 0 spiro atoms. The molecule has 1 N–H and O–H groups in total. The summed E-state index contributed by atoms with van der Waals surface area (Å²) < 4.78 is 0. The highest BCUT2D eigenvalue weighted by molar-refractivity contribution is 7.15. The molecule has 1 atom stereocenters. The highest BCUT2D eigenvalue weighted by atomic mass is 32.1. The van der Waals surface area contributed by atoms with Gasteiger partial charge in [-0.3, -0.25) is 15.0 Å². The van der Waals surface area contributed by atoms with E-state index >= 15 is 0 Å². The van der Waals surface area contributed by atoms with Crippen molar-refractivity contribution in [3.8, 4) is 0 Å². The fourth-order valence-electron chi connectivity index (χ4n) is 2.33. The van der Waals surface area contributed by atoms with Crippen LogP contribution in [0.3, 0.4) is 0 Å². The van der Waals surface area contributed by atoms with Crippen molar-refractivity contribution < 1.29 is 4.79 Å². The second-order valence-corrected chi connectivity index (χ2v) is 7.38. The monoisotopic (exact) mass is 347 g/mol. The maximum Gasteiger partial charge on any atom is 0.248 e. The van der Waals surface area contributed by atoms with Gasteiger partial charge in [-0.05, 0) is 40.7 Å². The largest absolute Gasteiger partial charge is 0.309 e. The normalized spacial score (nSPS) is 12.6. The molecular formula is C17H25N5OS. The predicted octanol–water partition coefficient (Wildman–Crippen LogP) is 2.19. The quantitative estimate of drug-likeness (QED) is 0.832. The highest BCUT2D eigenvalue weighted by Gasteiger charge is 2.24. The number of rotatable bonds is 7. The number of likely N-dealkylation sites (N-methyl/N-ethyl adjacent to an activating group) is 2. The molecule has 0 aliphatic rings. The molecule has 0 bridgehead atoms. The zero-order chi connectivity index (χ0) is 17.7. The van der Waals surface area contributed by atoms with Crippen LogP contribution in [0.4, 0.5) is 5.13 Å². The van der Waals surface area contributed by atoms with Crippen LogP contribution in [0.25, 0.3) is 0 Å². The standard InChI is InChI=1S/C17H25N5OS/c1-12-6-8-13(9-7-12)15(22(4)5)16(23)18-17-20-19-14(24-17)10-11-21(2)3/h6-9,15H,10-11H2,1-5H3,(H,18,20,23). The third-order valence-corrected chi connectivity index (χ3v) is 4.53. The van der Waals surface area contributed by atoms with Crippen molar-refractivity contribution in [1.29, 1.82) is 0 Å². The first kappa shape index (κ1) is 18.5. The molecule has 1 unspecified atom stereocenters. The van der Waals surface area contributed by atoms with E-state index in [1.807, 2.05) is 64.3 Å². The minimum absolute atomic E-state index is 0.0980. The van der Waals surface area contributed by atoms with Gasteiger partial charge < -0.3 is 4.90 Å². The van der Waals surface area contributed by atoms with E-state index in [1.165, 1.54) is 16.9 Å². The van der Waals surface area contributed by atoms with Gasteiger partial charge in [0.2, 0.25) is 11.0 Å². The lowest BCUT2D eigenvalue weighted by atomic mass is 10.0. The van der Waals surface area contributed by atoms with Gasteiger partial charge in [0.1, 0.15) is 11.0 Å². The molecule has 0 saturated carbocycles. The van der Waals surface area contributed by atoms with Crippen molar-refractivity contribution in [2.75, 3.05) is 40.1 Å². The van der Waals surface area contributed by atoms with Crippen LogP contribution in [0.5, 0.6) is 0 Å².